The van der Waals surface area contributed by atoms with E-state index in [1.807, 2.05) is 31.2 Å². The second-order valence-electron chi connectivity index (χ2n) is 6.77. The van der Waals surface area contributed by atoms with Gasteiger partial charge in [0.1, 0.15) is 5.75 Å². The lowest BCUT2D eigenvalue weighted by atomic mass is 10.0. The number of rotatable bonds is 7. The van der Waals surface area contributed by atoms with Gasteiger partial charge in [0.25, 0.3) is 5.91 Å². The average molecular weight is 373 g/mol. The van der Waals surface area contributed by atoms with E-state index in [9.17, 15) is 9.59 Å². The zero-order chi connectivity index (χ0) is 20.1. The maximum Gasteiger partial charge on any atom is 0.344 e. The average Bonchev–Trinajstić information content (AvgIpc) is 2.86. The molecule has 1 aromatic heterocycles. The van der Waals surface area contributed by atoms with Crippen LogP contribution in [0.1, 0.15) is 43.6 Å². The molecule has 0 saturated carbocycles. The first-order chi connectivity index (χ1) is 12.7. The highest BCUT2D eigenvalue weighted by molar-refractivity contribution is 5.96. The fourth-order valence-electron chi connectivity index (χ4n) is 2.69. The molecule has 7 heteroatoms. The van der Waals surface area contributed by atoms with Crippen LogP contribution < -0.4 is 10.1 Å². The van der Waals surface area contributed by atoms with Crippen molar-refractivity contribution in [2.75, 3.05) is 11.9 Å². The van der Waals surface area contributed by atoms with E-state index < -0.39 is 18.0 Å². The molecule has 1 atom stereocenters. The van der Waals surface area contributed by atoms with Crippen LogP contribution >= 0.6 is 0 Å². The molecule has 1 N–H and O–H groups in total. The standard InChI is InChI=1S/C20H27N3O4/c1-12(2)16-9-7-8-10-17(16)26-11-18(24)27-15(5)20(25)21-19-13(3)22-23(6)14(19)4/h7-10,12,15H,11H2,1-6H3,(H,21,25)/t15-/m0/s1. The van der Waals surface area contributed by atoms with Crippen LogP contribution in [0.5, 0.6) is 5.75 Å². The zero-order valence-electron chi connectivity index (χ0n) is 16.7. The largest absolute Gasteiger partial charge is 0.482 e. The summed E-state index contributed by atoms with van der Waals surface area (Å²) in [5, 5.41) is 7.01. The molecular formula is C20H27N3O4. The van der Waals surface area contributed by atoms with Gasteiger partial charge in [0.05, 0.1) is 17.1 Å². The molecule has 1 heterocycles. The normalized spacial score (nSPS) is 12.0. The second-order valence-corrected chi connectivity index (χ2v) is 6.77. The fourth-order valence-corrected chi connectivity index (χ4v) is 2.69. The molecule has 0 aliphatic carbocycles. The molecule has 0 bridgehead atoms. The van der Waals surface area contributed by atoms with Crippen molar-refractivity contribution in [2.24, 2.45) is 7.05 Å². The topological polar surface area (TPSA) is 82.5 Å². The Bertz CT molecular complexity index is 827. The van der Waals surface area contributed by atoms with Crippen molar-refractivity contribution in [3.8, 4) is 5.75 Å². The van der Waals surface area contributed by atoms with E-state index in [1.54, 1.807) is 18.7 Å². The molecular weight excluding hydrogens is 346 g/mol. The summed E-state index contributed by atoms with van der Waals surface area (Å²) < 4.78 is 12.5. The van der Waals surface area contributed by atoms with E-state index in [1.165, 1.54) is 6.92 Å². The van der Waals surface area contributed by atoms with Crippen LogP contribution in [0.2, 0.25) is 0 Å². The van der Waals surface area contributed by atoms with Crippen molar-refractivity contribution in [2.45, 2.75) is 46.6 Å². The number of carbonyl (C=O) groups excluding carboxylic acids is 2. The molecule has 0 unspecified atom stereocenters. The molecule has 7 nitrogen and oxygen atoms in total. The molecule has 1 aromatic carbocycles. The van der Waals surface area contributed by atoms with Crippen molar-refractivity contribution < 1.29 is 19.1 Å². The summed E-state index contributed by atoms with van der Waals surface area (Å²) in [6, 6.07) is 7.54. The molecule has 1 amide bonds. The Kier molecular flexibility index (Phi) is 6.60. The van der Waals surface area contributed by atoms with Crippen LogP contribution in [0.15, 0.2) is 24.3 Å². The summed E-state index contributed by atoms with van der Waals surface area (Å²) in [4.78, 5) is 24.4. The zero-order valence-corrected chi connectivity index (χ0v) is 16.7. The monoisotopic (exact) mass is 373 g/mol. The van der Waals surface area contributed by atoms with Gasteiger partial charge in [-0.05, 0) is 38.3 Å². The Labute approximate surface area is 159 Å². The summed E-state index contributed by atoms with van der Waals surface area (Å²) >= 11 is 0. The van der Waals surface area contributed by atoms with Crippen LogP contribution in [0.4, 0.5) is 5.69 Å². The van der Waals surface area contributed by atoms with Gasteiger partial charge in [-0.3, -0.25) is 9.48 Å². The second kappa shape index (κ2) is 8.70. The summed E-state index contributed by atoms with van der Waals surface area (Å²) in [5.74, 6) is -0.1000. The maximum absolute atomic E-state index is 12.3. The molecule has 0 spiro atoms. The van der Waals surface area contributed by atoms with Crippen LogP contribution in [-0.2, 0) is 21.4 Å². The minimum absolute atomic E-state index is 0.258. The van der Waals surface area contributed by atoms with E-state index in [-0.39, 0.29) is 12.5 Å². The van der Waals surface area contributed by atoms with Crippen molar-refractivity contribution >= 4 is 17.6 Å². The minimum atomic E-state index is -0.944. The smallest absolute Gasteiger partial charge is 0.344 e. The number of carbonyl (C=O) groups is 2. The molecule has 2 rings (SSSR count). The van der Waals surface area contributed by atoms with Gasteiger partial charge in [-0.1, -0.05) is 32.0 Å². The van der Waals surface area contributed by atoms with Crippen molar-refractivity contribution in [3.05, 3.63) is 41.2 Å². The molecule has 0 fully saturated rings. The number of nitrogens with one attached hydrogen (secondary N) is 1. The van der Waals surface area contributed by atoms with E-state index in [2.05, 4.69) is 24.3 Å². The Hall–Kier alpha value is -2.83. The lowest BCUT2D eigenvalue weighted by molar-refractivity contribution is -0.155. The van der Waals surface area contributed by atoms with Gasteiger partial charge in [-0.2, -0.15) is 5.10 Å². The number of aryl methyl sites for hydroxylation is 2. The number of aromatic nitrogens is 2. The van der Waals surface area contributed by atoms with Crippen LogP contribution in [0, 0.1) is 13.8 Å². The number of esters is 1. The number of hydrogen-bond acceptors (Lipinski definition) is 5. The predicted molar refractivity (Wildman–Crippen MR) is 103 cm³/mol. The third kappa shape index (κ3) is 5.09. The lowest BCUT2D eigenvalue weighted by Gasteiger charge is -2.16. The van der Waals surface area contributed by atoms with Gasteiger partial charge in [0.2, 0.25) is 0 Å². The Morgan fingerprint density at radius 1 is 1.19 bits per heavy atom. The van der Waals surface area contributed by atoms with E-state index in [4.69, 9.17) is 9.47 Å². The number of amides is 1. The summed E-state index contributed by atoms with van der Waals surface area (Å²) in [5.41, 5.74) is 3.18. The van der Waals surface area contributed by atoms with Gasteiger partial charge in [0.15, 0.2) is 12.7 Å². The number of benzene rings is 1. The van der Waals surface area contributed by atoms with Gasteiger partial charge in [-0.15, -0.1) is 0 Å². The number of ether oxygens (including phenoxy) is 2. The lowest BCUT2D eigenvalue weighted by Crippen LogP contribution is -2.32. The quantitative estimate of drug-likeness (QED) is 0.754. The van der Waals surface area contributed by atoms with E-state index in [0.29, 0.717) is 17.1 Å². The number of anilines is 1. The van der Waals surface area contributed by atoms with Crippen molar-refractivity contribution in [3.63, 3.8) is 0 Å². The van der Waals surface area contributed by atoms with Crippen LogP contribution in [0.3, 0.4) is 0 Å². The Balaban J connectivity index is 1.91. The number of nitrogens with zero attached hydrogens (tertiary/aromatic N) is 2. The van der Waals surface area contributed by atoms with Crippen LogP contribution in [-0.4, -0.2) is 34.4 Å². The fraction of sp³-hybridized carbons (Fsp3) is 0.450. The van der Waals surface area contributed by atoms with Crippen molar-refractivity contribution in [1.29, 1.82) is 0 Å². The highest BCUT2D eigenvalue weighted by atomic mass is 16.6. The summed E-state index contributed by atoms with van der Waals surface area (Å²) in [7, 11) is 1.80. The van der Waals surface area contributed by atoms with E-state index >= 15 is 0 Å². The van der Waals surface area contributed by atoms with Gasteiger partial charge in [-0.25, -0.2) is 4.79 Å². The highest BCUT2D eigenvalue weighted by Crippen LogP contribution is 2.25. The summed E-state index contributed by atoms with van der Waals surface area (Å²) in [6.07, 6.45) is -0.944. The van der Waals surface area contributed by atoms with Gasteiger partial charge >= 0.3 is 5.97 Å². The molecule has 2 aromatic rings. The first-order valence-electron chi connectivity index (χ1n) is 8.93. The van der Waals surface area contributed by atoms with Gasteiger partial charge in [0, 0.05) is 7.05 Å². The first kappa shape index (κ1) is 20.5. The number of para-hydroxylation sites is 1. The highest BCUT2D eigenvalue weighted by Gasteiger charge is 2.21. The maximum atomic E-state index is 12.3. The van der Waals surface area contributed by atoms with Crippen molar-refractivity contribution in [1.82, 2.24) is 9.78 Å². The molecule has 0 aliphatic rings. The Morgan fingerprint density at radius 2 is 1.85 bits per heavy atom. The SMILES string of the molecule is Cc1nn(C)c(C)c1NC(=O)[C@H](C)OC(=O)COc1ccccc1C(C)C. The minimum Gasteiger partial charge on any atom is -0.482 e. The summed E-state index contributed by atoms with van der Waals surface area (Å²) in [6.45, 7) is 9.03. The Morgan fingerprint density at radius 3 is 2.44 bits per heavy atom. The number of hydrogen-bond donors (Lipinski definition) is 1. The third-order valence-electron chi connectivity index (χ3n) is 4.32. The predicted octanol–water partition coefficient (Wildman–Crippen LogP) is 3.11. The van der Waals surface area contributed by atoms with E-state index in [0.717, 1.165) is 11.3 Å². The third-order valence-corrected chi connectivity index (χ3v) is 4.32. The molecule has 0 aliphatic heterocycles. The molecule has 0 radical (unpaired) electrons. The molecule has 146 valence electrons. The molecule has 0 saturated heterocycles. The molecule has 27 heavy (non-hydrogen) atoms. The van der Waals surface area contributed by atoms with Gasteiger partial charge < -0.3 is 14.8 Å². The first-order valence-corrected chi connectivity index (χ1v) is 8.93. The van der Waals surface area contributed by atoms with Crippen LogP contribution in [0.25, 0.3) is 0 Å².